The molecule has 4 rings (SSSR count). The molecule has 0 aliphatic rings. The normalized spacial score (nSPS) is 10.7. The molecular weight excluding hydrogens is 436 g/mol. The number of methoxy groups -OCH3 is 1. The number of amides is 1. The molecule has 0 radical (unpaired) electrons. The molecule has 0 atom stereocenters. The Kier molecular flexibility index (Phi) is 6.41. The van der Waals surface area contributed by atoms with E-state index in [1.807, 2.05) is 36.4 Å². The molecule has 1 amide bonds. The number of hydrogen-bond donors (Lipinski definition) is 1. The average Bonchev–Trinajstić information content (AvgIpc) is 3.25. The highest BCUT2D eigenvalue weighted by molar-refractivity contribution is 7.99. The summed E-state index contributed by atoms with van der Waals surface area (Å²) in [7, 11) is 1.58. The first-order chi connectivity index (χ1) is 15.5. The third-order valence-electron chi connectivity index (χ3n) is 4.39. The maximum Gasteiger partial charge on any atom is 0.234 e. The van der Waals surface area contributed by atoms with Gasteiger partial charge in [-0.25, -0.2) is 8.78 Å². The number of pyridine rings is 1. The number of carbonyl (C=O) groups excluding carboxylic acids is 1. The van der Waals surface area contributed by atoms with Crippen LogP contribution < -0.4 is 10.1 Å². The predicted molar refractivity (Wildman–Crippen MR) is 117 cm³/mol. The van der Waals surface area contributed by atoms with E-state index in [0.717, 1.165) is 29.6 Å². The topological polar surface area (TPSA) is 81.9 Å². The van der Waals surface area contributed by atoms with Crippen LogP contribution in [0, 0.1) is 11.6 Å². The van der Waals surface area contributed by atoms with Crippen LogP contribution in [0.4, 0.5) is 14.5 Å². The zero-order valence-corrected chi connectivity index (χ0v) is 17.6. The molecule has 1 N–H and O–H groups in total. The third-order valence-corrected chi connectivity index (χ3v) is 5.32. The van der Waals surface area contributed by atoms with E-state index in [2.05, 4.69) is 20.5 Å². The number of rotatable bonds is 7. The molecule has 0 saturated carbocycles. The van der Waals surface area contributed by atoms with Gasteiger partial charge in [-0.2, -0.15) is 0 Å². The van der Waals surface area contributed by atoms with Crippen LogP contribution in [0.5, 0.6) is 5.75 Å². The molecule has 4 aromatic rings. The first-order valence-electron chi connectivity index (χ1n) is 9.44. The molecule has 7 nitrogen and oxygen atoms in total. The van der Waals surface area contributed by atoms with E-state index in [9.17, 15) is 13.6 Å². The first-order valence-corrected chi connectivity index (χ1v) is 10.4. The third kappa shape index (κ3) is 4.75. The molecule has 0 bridgehead atoms. The summed E-state index contributed by atoms with van der Waals surface area (Å²) in [5, 5.41) is 11.5. The minimum absolute atomic E-state index is 0.0184. The van der Waals surface area contributed by atoms with E-state index in [1.165, 1.54) is 6.07 Å². The zero-order chi connectivity index (χ0) is 22.5. The van der Waals surface area contributed by atoms with Gasteiger partial charge in [0.2, 0.25) is 5.91 Å². The highest BCUT2D eigenvalue weighted by Crippen LogP contribution is 2.28. The van der Waals surface area contributed by atoms with Crippen molar-refractivity contribution in [3.63, 3.8) is 0 Å². The highest BCUT2D eigenvalue weighted by atomic mass is 32.2. The molecule has 0 fully saturated rings. The molecule has 2 heterocycles. The van der Waals surface area contributed by atoms with Crippen LogP contribution in [0.15, 0.2) is 72.0 Å². The number of thioether (sulfide) groups is 1. The number of anilines is 1. The van der Waals surface area contributed by atoms with Crippen LogP contribution in [-0.2, 0) is 4.79 Å². The van der Waals surface area contributed by atoms with Gasteiger partial charge < -0.3 is 10.1 Å². The number of nitrogens with one attached hydrogen (secondary N) is 1. The van der Waals surface area contributed by atoms with Crippen molar-refractivity contribution < 1.29 is 18.3 Å². The quantitative estimate of drug-likeness (QED) is 0.419. The molecule has 162 valence electrons. The van der Waals surface area contributed by atoms with E-state index in [0.29, 0.717) is 22.4 Å². The summed E-state index contributed by atoms with van der Waals surface area (Å²) in [6.07, 6.45) is 1.66. The molecule has 0 spiro atoms. The van der Waals surface area contributed by atoms with Crippen LogP contribution in [0.25, 0.3) is 17.2 Å². The second kappa shape index (κ2) is 9.56. The Morgan fingerprint density at radius 1 is 1.06 bits per heavy atom. The van der Waals surface area contributed by atoms with Crippen molar-refractivity contribution in [2.24, 2.45) is 0 Å². The lowest BCUT2D eigenvalue weighted by molar-refractivity contribution is -0.113. The fourth-order valence-corrected chi connectivity index (χ4v) is 3.64. The SMILES string of the molecule is COc1ccc(-n2c(SCC(=O)Nc3ccc(F)c(F)c3)nnc2-c2ccccn2)cc1. The highest BCUT2D eigenvalue weighted by Gasteiger charge is 2.18. The molecule has 32 heavy (non-hydrogen) atoms. The summed E-state index contributed by atoms with van der Waals surface area (Å²) in [5.74, 6) is -1.22. The van der Waals surface area contributed by atoms with E-state index >= 15 is 0 Å². The summed E-state index contributed by atoms with van der Waals surface area (Å²) >= 11 is 1.15. The molecule has 10 heteroatoms. The molecular formula is C22H17F2N5O2S. The lowest BCUT2D eigenvalue weighted by Crippen LogP contribution is -2.15. The van der Waals surface area contributed by atoms with Gasteiger partial charge in [-0.3, -0.25) is 14.3 Å². The van der Waals surface area contributed by atoms with E-state index in [-0.39, 0.29) is 11.4 Å². The monoisotopic (exact) mass is 453 g/mol. The molecule has 0 saturated heterocycles. The van der Waals surface area contributed by atoms with Crippen LogP contribution in [0.1, 0.15) is 0 Å². The summed E-state index contributed by atoms with van der Waals surface area (Å²) in [5.41, 5.74) is 1.55. The second-order valence-corrected chi connectivity index (χ2v) is 7.46. The molecule has 0 aliphatic heterocycles. The number of nitrogens with zero attached hydrogens (tertiary/aromatic N) is 4. The number of halogens is 2. The van der Waals surface area contributed by atoms with Crippen molar-refractivity contribution in [1.29, 1.82) is 0 Å². The molecule has 2 aromatic carbocycles. The molecule has 2 aromatic heterocycles. The second-order valence-electron chi connectivity index (χ2n) is 6.52. The van der Waals surface area contributed by atoms with Gasteiger partial charge >= 0.3 is 0 Å². The van der Waals surface area contributed by atoms with Crippen LogP contribution in [0.3, 0.4) is 0 Å². The average molecular weight is 453 g/mol. The van der Waals surface area contributed by atoms with E-state index < -0.39 is 17.5 Å². The summed E-state index contributed by atoms with van der Waals surface area (Å²) in [4.78, 5) is 16.7. The van der Waals surface area contributed by atoms with Gasteiger partial charge in [-0.05, 0) is 48.5 Å². The number of carbonyl (C=O) groups is 1. The number of hydrogen-bond acceptors (Lipinski definition) is 6. The van der Waals surface area contributed by atoms with Crippen molar-refractivity contribution in [1.82, 2.24) is 19.7 Å². The van der Waals surface area contributed by atoms with Gasteiger partial charge in [0, 0.05) is 18.0 Å². The van der Waals surface area contributed by atoms with Gasteiger partial charge in [0.1, 0.15) is 11.4 Å². The Balaban J connectivity index is 1.58. The Bertz CT molecular complexity index is 1230. The maximum absolute atomic E-state index is 13.4. The van der Waals surface area contributed by atoms with Crippen molar-refractivity contribution in [3.05, 3.63) is 78.5 Å². The summed E-state index contributed by atoms with van der Waals surface area (Å²) in [6, 6.07) is 15.9. The van der Waals surface area contributed by atoms with Gasteiger partial charge in [0.05, 0.1) is 18.6 Å². The Morgan fingerprint density at radius 3 is 2.56 bits per heavy atom. The number of ether oxygens (including phenoxy) is 1. The van der Waals surface area contributed by atoms with Gasteiger partial charge in [0.25, 0.3) is 0 Å². The Hall–Kier alpha value is -3.79. The van der Waals surface area contributed by atoms with E-state index in [1.54, 1.807) is 23.9 Å². The van der Waals surface area contributed by atoms with Gasteiger partial charge in [-0.1, -0.05) is 17.8 Å². The lowest BCUT2D eigenvalue weighted by Gasteiger charge is -2.11. The number of aromatic nitrogens is 4. The van der Waals surface area contributed by atoms with Crippen LogP contribution in [-0.4, -0.2) is 38.5 Å². The lowest BCUT2D eigenvalue weighted by atomic mass is 10.3. The smallest absolute Gasteiger partial charge is 0.234 e. The van der Waals surface area contributed by atoms with Gasteiger partial charge in [0.15, 0.2) is 22.6 Å². The fourth-order valence-electron chi connectivity index (χ4n) is 2.89. The maximum atomic E-state index is 13.4. The minimum Gasteiger partial charge on any atom is -0.497 e. The molecule has 0 aliphatic carbocycles. The van der Waals surface area contributed by atoms with Crippen molar-refractivity contribution >= 4 is 23.4 Å². The van der Waals surface area contributed by atoms with E-state index in [4.69, 9.17) is 4.74 Å². The van der Waals surface area contributed by atoms with Crippen molar-refractivity contribution in [2.75, 3.05) is 18.2 Å². The largest absolute Gasteiger partial charge is 0.497 e. The first kappa shape index (κ1) is 21.4. The predicted octanol–water partition coefficient (Wildman–Crippen LogP) is 4.35. The molecule has 0 unspecified atom stereocenters. The van der Waals surface area contributed by atoms with Crippen molar-refractivity contribution in [3.8, 4) is 23.0 Å². The minimum atomic E-state index is -1.03. The standard InChI is InChI=1S/C22H17F2N5O2S/c1-31-16-8-6-15(7-9-16)29-21(19-4-2-3-11-25-19)27-28-22(29)32-13-20(30)26-14-5-10-17(23)18(24)12-14/h2-12H,13H2,1H3,(H,26,30). The summed E-state index contributed by atoms with van der Waals surface area (Å²) < 4.78 is 33.5. The van der Waals surface area contributed by atoms with Gasteiger partial charge in [-0.15, -0.1) is 10.2 Å². The van der Waals surface area contributed by atoms with Crippen molar-refractivity contribution in [2.45, 2.75) is 5.16 Å². The Morgan fingerprint density at radius 2 is 1.88 bits per heavy atom. The zero-order valence-electron chi connectivity index (χ0n) is 16.8. The summed E-state index contributed by atoms with van der Waals surface area (Å²) in [6.45, 7) is 0. The number of benzene rings is 2. The fraction of sp³-hybridized carbons (Fsp3) is 0.0909. The Labute approximate surface area is 186 Å². The van der Waals surface area contributed by atoms with Crippen LogP contribution in [0.2, 0.25) is 0 Å². The van der Waals surface area contributed by atoms with Crippen LogP contribution >= 0.6 is 11.8 Å².